The number of ether oxygens (including phenoxy) is 1. The summed E-state index contributed by atoms with van der Waals surface area (Å²) in [6, 6.07) is 16.1. The molecule has 0 radical (unpaired) electrons. The van der Waals surface area contributed by atoms with Crippen LogP contribution in [-0.2, 0) is 7.05 Å². The third kappa shape index (κ3) is 5.09. The van der Waals surface area contributed by atoms with Gasteiger partial charge in [-0.3, -0.25) is 0 Å². The highest BCUT2D eigenvalue weighted by Gasteiger charge is 2.12. The average Bonchev–Trinajstić information content (AvgIpc) is 3.15. The number of fused-ring (bicyclic) bond motifs is 1. The number of nitrogens with one attached hydrogen (secondary N) is 2. The molecule has 0 fully saturated rings. The van der Waals surface area contributed by atoms with Gasteiger partial charge in [-0.25, -0.2) is 14.8 Å². The maximum absolute atomic E-state index is 10.6. The van der Waals surface area contributed by atoms with Crippen LogP contribution < -0.4 is 15.4 Å². The third-order valence-electron chi connectivity index (χ3n) is 4.90. The van der Waals surface area contributed by atoms with Crippen molar-refractivity contribution in [1.82, 2.24) is 19.9 Å². The first kappa shape index (κ1) is 22.6. The number of rotatable bonds is 7. The maximum atomic E-state index is 10.6. The quantitative estimate of drug-likeness (QED) is 0.331. The standard InChI is InChI=1S/C24H19ClN6O3/c1-31-17(5-3-9-27-24(32)33)12-20-22(31)23(29-14-28-20)30-16-7-8-21(19(25)11-16)34-18-6-2-4-15(10-18)13-26/h2-8,10-12,14,27H,9H2,1H3,(H,32,33)(H,28,29,30). The van der Waals surface area contributed by atoms with Gasteiger partial charge in [0.25, 0.3) is 0 Å². The van der Waals surface area contributed by atoms with E-state index in [1.165, 1.54) is 6.33 Å². The van der Waals surface area contributed by atoms with E-state index in [2.05, 4.69) is 26.7 Å². The molecule has 0 atom stereocenters. The molecule has 4 rings (SSSR count). The molecule has 0 bridgehead atoms. The van der Waals surface area contributed by atoms with Gasteiger partial charge >= 0.3 is 6.09 Å². The van der Waals surface area contributed by atoms with Crippen LogP contribution in [0.25, 0.3) is 17.1 Å². The minimum absolute atomic E-state index is 0.196. The number of aryl methyl sites for hydroxylation is 1. The Morgan fingerprint density at radius 2 is 2.12 bits per heavy atom. The van der Waals surface area contributed by atoms with Crippen LogP contribution in [0.5, 0.6) is 11.5 Å². The first-order valence-electron chi connectivity index (χ1n) is 10.1. The predicted octanol–water partition coefficient (Wildman–Crippen LogP) is 5.31. The van der Waals surface area contributed by atoms with E-state index in [4.69, 9.17) is 26.7 Å². The lowest BCUT2D eigenvalue weighted by atomic mass is 10.2. The second-order valence-electron chi connectivity index (χ2n) is 7.18. The molecule has 9 nitrogen and oxygen atoms in total. The highest BCUT2D eigenvalue weighted by molar-refractivity contribution is 6.32. The normalized spacial score (nSPS) is 10.9. The Hall–Kier alpha value is -4.55. The summed E-state index contributed by atoms with van der Waals surface area (Å²) >= 11 is 6.44. The molecule has 4 aromatic rings. The largest absolute Gasteiger partial charge is 0.465 e. The molecule has 0 unspecified atom stereocenters. The van der Waals surface area contributed by atoms with Crippen LogP contribution in [0.1, 0.15) is 11.3 Å². The summed E-state index contributed by atoms with van der Waals surface area (Å²) in [4.78, 5) is 19.3. The van der Waals surface area contributed by atoms with Gasteiger partial charge in [0.05, 0.1) is 22.2 Å². The zero-order valence-corrected chi connectivity index (χ0v) is 18.7. The molecule has 2 heterocycles. The molecule has 34 heavy (non-hydrogen) atoms. The summed E-state index contributed by atoms with van der Waals surface area (Å²) in [5.41, 5.74) is 3.54. The Balaban J connectivity index is 1.55. The van der Waals surface area contributed by atoms with E-state index in [1.54, 1.807) is 42.5 Å². The second kappa shape index (κ2) is 9.94. The van der Waals surface area contributed by atoms with E-state index in [1.807, 2.05) is 29.8 Å². The van der Waals surface area contributed by atoms with Gasteiger partial charge in [0.2, 0.25) is 0 Å². The van der Waals surface area contributed by atoms with Gasteiger partial charge in [-0.15, -0.1) is 0 Å². The molecule has 3 N–H and O–H groups in total. The SMILES string of the molecule is Cn1c(C=CCNC(=O)O)cc2ncnc(Nc3ccc(Oc4cccc(C#N)c4)c(Cl)c3)c21. The van der Waals surface area contributed by atoms with Gasteiger partial charge in [-0.1, -0.05) is 23.7 Å². The van der Waals surface area contributed by atoms with Crippen LogP contribution >= 0.6 is 11.6 Å². The first-order chi connectivity index (χ1) is 16.4. The molecule has 2 aromatic carbocycles. The fraction of sp³-hybridized carbons (Fsp3) is 0.0833. The summed E-state index contributed by atoms with van der Waals surface area (Å²) < 4.78 is 7.73. The summed E-state index contributed by atoms with van der Waals surface area (Å²) in [7, 11) is 1.88. The second-order valence-corrected chi connectivity index (χ2v) is 7.59. The zero-order valence-electron chi connectivity index (χ0n) is 18.0. The Kier molecular flexibility index (Phi) is 6.62. The number of hydrogen-bond donors (Lipinski definition) is 3. The Morgan fingerprint density at radius 3 is 2.88 bits per heavy atom. The number of aromatic nitrogens is 3. The van der Waals surface area contributed by atoms with E-state index in [0.29, 0.717) is 33.6 Å². The molecular weight excluding hydrogens is 456 g/mol. The lowest BCUT2D eigenvalue weighted by Crippen LogP contribution is -2.20. The Bertz CT molecular complexity index is 1440. The molecule has 0 saturated carbocycles. The number of amides is 1. The predicted molar refractivity (Wildman–Crippen MR) is 130 cm³/mol. The number of benzene rings is 2. The number of carboxylic acid groups (broad SMARTS) is 1. The number of halogens is 1. The zero-order chi connectivity index (χ0) is 24.1. The number of anilines is 2. The number of nitrogens with zero attached hydrogens (tertiary/aromatic N) is 4. The van der Waals surface area contributed by atoms with E-state index >= 15 is 0 Å². The Labute approximate surface area is 199 Å². The molecule has 2 aromatic heterocycles. The summed E-state index contributed by atoms with van der Waals surface area (Å²) in [6.07, 6.45) is 3.91. The molecule has 10 heteroatoms. The fourth-order valence-corrected chi connectivity index (χ4v) is 3.55. The van der Waals surface area contributed by atoms with Gasteiger partial charge in [-0.2, -0.15) is 5.26 Å². The molecule has 0 saturated heterocycles. The van der Waals surface area contributed by atoms with Crippen molar-refractivity contribution in [2.75, 3.05) is 11.9 Å². The Morgan fingerprint density at radius 1 is 1.26 bits per heavy atom. The number of hydrogen-bond acceptors (Lipinski definition) is 6. The lowest BCUT2D eigenvalue weighted by molar-refractivity contribution is 0.195. The van der Waals surface area contributed by atoms with Gasteiger partial charge in [0.1, 0.15) is 23.3 Å². The van der Waals surface area contributed by atoms with E-state index in [9.17, 15) is 4.79 Å². The van der Waals surface area contributed by atoms with Crippen molar-refractivity contribution in [3.63, 3.8) is 0 Å². The summed E-state index contributed by atoms with van der Waals surface area (Å²) in [6.45, 7) is 0.196. The molecule has 0 aliphatic carbocycles. The molecule has 0 aliphatic rings. The third-order valence-corrected chi connectivity index (χ3v) is 5.20. The highest BCUT2D eigenvalue weighted by Crippen LogP contribution is 2.33. The van der Waals surface area contributed by atoms with Crippen molar-refractivity contribution in [3.8, 4) is 17.6 Å². The highest BCUT2D eigenvalue weighted by atomic mass is 35.5. The van der Waals surface area contributed by atoms with Crippen molar-refractivity contribution < 1.29 is 14.6 Å². The van der Waals surface area contributed by atoms with Crippen molar-refractivity contribution in [2.45, 2.75) is 0 Å². The maximum Gasteiger partial charge on any atom is 0.404 e. The van der Waals surface area contributed by atoms with Gasteiger partial charge in [0.15, 0.2) is 5.82 Å². The van der Waals surface area contributed by atoms with Crippen molar-refractivity contribution in [1.29, 1.82) is 5.26 Å². The molecule has 170 valence electrons. The minimum atomic E-state index is -1.08. The van der Waals surface area contributed by atoms with Gasteiger partial charge in [0, 0.05) is 25.0 Å². The van der Waals surface area contributed by atoms with Crippen LogP contribution in [0, 0.1) is 11.3 Å². The lowest BCUT2D eigenvalue weighted by Gasteiger charge is -2.12. The van der Waals surface area contributed by atoms with E-state index in [0.717, 1.165) is 16.7 Å². The van der Waals surface area contributed by atoms with Crippen molar-refractivity contribution in [3.05, 3.63) is 77.2 Å². The monoisotopic (exact) mass is 474 g/mol. The van der Waals surface area contributed by atoms with Gasteiger partial charge in [-0.05, 0) is 48.5 Å². The van der Waals surface area contributed by atoms with Gasteiger partial charge < -0.3 is 25.0 Å². The topological polar surface area (TPSA) is 125 Å². The van der Waals surface area contributed by atoms with E-state index in [-0.39, 0.29) is 6.54 Å². The summed E-state index contributed by atoms with van der Waals surface area (Å²) in [5.74, 6) is 1.56. The van der Waals surface area contributed by atoms with Crippen molar-refractivity contribution >= 4 is 46.3 Å². The smallest absolute Gasteiger partial charge is 0.404 e. The average molecular weight is 475 g/mol. The van der Waals surface area contributed by atoms with Crippen LogP contribution in [0.3, 0.4) is 0 Å². The van der Waals surface area contributed by atoms with Crippen LogP contribution in [0.4, 0.5) is 16.3 Å². The van der Waals surface area contributed by atoms with Crippen LogP contribution in [0.15, 0.2) is 60.9 Å². The first-order valence-corrected chi connectivity index (χ1v) is 10.5. The minimum Gasteiger partial charge on any atom is -0.465 e. The van der Waals surface area contributed by atoms with E-state index < -0.39 is 6.09 Å². The molecule has 0 spiro atoms. The fourth-order valence-electron chi connectivity index (χ4n) is 3.33. The summed E-state index contributed by atoms with van der Waals surface area (Å²) in [5, 5.41) is 23.7. The van der Waals surface area contributed by atoms with Crippen molar-refractivity contribution in [2.24, 2.45) is 7.05 Å². The van der Waals surface area contributed by atoms with Crippen LogP contribution in [-0.4, -0.2) is 32.3 Å². The number of nitriles is 1. The molecule has 0 aliphatic heterocycles. The molecular formula is C24H19ClN6O3. The van der Waals surface area contributed by atoms with Crippen LogP contribution in [0.2, 0.25) is 5.02 Å². The number of carbonyl (C=O) groups is 1. The molecule has 1 amide bonds.